The standard InChI is InChI=1S/C13H16F3NS/c14-13(15,16)6-3-7-17-9-11-8-10-4-1-2-5-12(10)18-11/h1-2,4-5,11,17H,3,6-9H2. The maximum atomic E-state index is 11.9. The molecule has 100 valence electrons. The van der Waals surface area contributed by atoms with Gasteiger partial charge in [0.2, 0.25) is 0 Å². The lowest BCUT2D eigenvalue weighted by Crippen LogP contribution is -2.26. The number of alkyl halides is 3. The molecule has 0 saturated heterocycles. The molecule has 0 aromatic heterocycles. The van der Waals surface area contributed by atoms with E-state index in [0.29, 0.717) is 11.8 Å². The molecule has 0 amide bonds. The zero-order valence-corrected chi connectivity index (χ0v) is 10.8. The highest BCUT2D eigenvalue weighted by atomic mass is 32.2. The lowest BCUT2D eigenvalue weighted by molar-refractivity contribution is -0.135. The van der Waals surface area contributed by atoms with E-state index >= 15 is 0 Å². The van der Waals surface area contributed by atoms with Gasteiger partial charge in [-0.05, 0) is 31.0 Å². The molecular weight excluding hydrogens is 259 g/mol. The zero-order chi connectivity index (χ0) is 13.0. The van der Waals surface area contributed by atoms with Crippen LogP contribution in [0.4, 0.5) is 13.2 Å². The summed E-state index contributed by atoms with van der Waals surface area (Å²) in [7, 11) is 0. The van der Waals surface area contributed by atoms with Crippen molar-refractivity contribution in [1.29, 1.82) is 0 Å². The van der Waals surface area contributed by atoms with Gasteiger partial charge < -0.3 is 5.32 Å². The maximum Gasteiger partial charge on any atom is 0.389 e. The minimum absolute atomic E-state index is 0.161. The van der Waals surface area contributed by atoms with Crippen molar-refractivity contribution < 1.29 is 13.2 Å². The molecule has 0 spiro atoms. The predicted octanol–water partition coefficient (Wildman–Crippen LogP) is 3.64. The molecule has 0 saturated carbocycles. The number of fused-ring (bicyclic) bond motifs is 1. The number of thioether (sulfide) groups is 1. The Kier molecular flexibility index (Phi) is 4.56. The summed E-state index contributed by atoms with van der Waals surface area (Å²) in [5.74, 6) is 0. The number of halogens is 3. The van der Waals surface area contributed by atoms with Gasteiger partial charge in [-0.15, -0.1) is 11.8 Å². The number of nitrogens with one attached hydrogen (secondary N) is 1. The first-order valence-electron chi connectivity index (χ1n) is 6.06. The SMILES string of the molecule is FC(F)(F)CCCNCC1Cc2ccccc2S1. The molecule has 1 nitrogen and oxygen atoms in total. The molecule has 0 bridgehead atoms. The summed E-state index contributed by atoms with van der Waals surface area (Å²) in [4.78, 5) is 1.31. The number of hydrogen-bond donors (Lipinski definition) is 1. The molecule has 1 aromatic carbocycles. The lowest BCUT2D eigenvalue weighted by atomic mass is 10.1. The van der Waals surface area contributed by atoms with Crippen molar-refractivity contribution in [2.24, 2.45) is 0 Å². The van der Waals surface area contributed by atoms with Gasteiger partial charge in [0.15, 0.2) is 0 Å². The highest BCUT2D eigenvalue weighted by molar-refractivity contribution is 8.00. The molecule has 2 rings (SSSR count). The Morgan fingerprint density at radius 2 is 2.06 bits per heavy atom. The summed E-state index contributed by atoms with van der Waals surface area (Å²) < 4.78 is 35.8. The Hall–Kier alpha value is -0.680. The fourth-order valence-electron chi connectivity index (χ4n) is 2.04. The molecule has 1 aliphatic heterocycles. The molecule has 1 unspecified atom stereocenters. The Balaban J connectivity index is 1.63. The largest absolute Gasteiger partial charge is 0.389 e. The fraction of sp³-hybridized carbons (Fsp3) is 0.538. The van der Waals surface area contributed by atoms with Crippen LogP contribution in [-0.2, 0) is 6.42 Å². The van der Waals surface area contributed by atoms with Crippen molar-refractivity contribution in [2.75, 3.05) is 13.1 Å². The average molecular weight is 275 g/mol. The molecule has 1 N–H and O–H groups in total. The van der Waals surface area contributed by atoms with Gasteiger partial charge in [-0.3, -0.25) is 0 Å². The van der Waals surface area contributed by atoms with Gasteiger partial charge in [0, 0.05) is 23.1 Å². The Morgan fingerprint density at radius 3 is 2.78 bits per heavy atom. The van der Waals surface area contributed by atoms with E-state index in [-0.39, 0.29) is 6.42 Å². The van der Waals surface area contributed by atoms with Gasteiger partial charge >= 0.3 is 6.18 Å². The Morgan fingerprint density at radius 1 is 1.28 bits per heavy atom. The van der Waals surface area contributed by atoms with Crippen molar-refractivity contribution in [3.8, 4) is 0 Å². The molecule has 0 fully saturated rings. The van der Waals surface area contributed by atoms with Gasteiger partial charge in [-0.1, -0.05) is 18.2 Å². The number of hydrogen-bond acceptors (Lipinski definition) is 2. The van der Waals surface area contributed by atoms with Crippen LogP contribution in [0.1, 0.15) is 18.4 Å². The molecule has 0 radical (unpaired) electrons. The first kappa shape index (κ1) is 13.7. The van der Waals surface area contributed by atoms with E-state index in [2.05, 4.69) is 17.4 Å². The van der Waals surface area contributed by atoms with E-state index in [1.165, 1.54) is 10.5 Å². The molecule has 1 heterocycles. The van der Waals surface area contributed by atoms with Crippen molar-refractivity contribution in [3.05, 3.63) is 29.8 Å². The van der Waals surface area contributed by atoms with Crippen LogP contribution in [0.5, 0.6) is 0 Å². The monoisotopic (exact) mass is 275 g/mol. The predicted molar refractivity (Wildman–Crippen MR) is 67.9 cm³/mol. The summed E-state index contributed by atoms with van der Waals surface area (Å²) in [6.45, 7) is 1.21. The van der Waals surface area contributed by atoms with Crippen molar-refractivity contribution in [2.45, 2.75) is 35.6 Å². The zero-order valence-electron chi connectivity index (χ0n) is 9.96. The highest BCUT2D eigenvalue weighted by Gasteiger charge is 2.26. The Bertz CT molecular complexity index is 367. The summed E-state index contributed by atoms with van der Waals surface area (Å²) in [5.41, 5.74) is 1.35. The van der Waals surface area contributed by atoms with E-state index in [0.717, 1.165) is 13.0 Å². The molecule has 0 aliphatic carbocycles. The molecule has 1 aromatic rings. The number of rotatable bonds is 5. The first-order valence-corrected chi connectivity index (χ1v) is 6.94. The topological polar surface area (TPSA) is 12.0 Å². The third-order valence-corrected chi connectivity index (χ3v) is 4.22. The van der Waals surface area contributed by atoms with Gasteiger partial charge in [-0.25, -0.2) is 0 Å². The first-order chi connectivity index (χ1) is 8.54. The van der Waals surface area contributed by atoms with E-state index < -0.39 is 12.6 Å². The van der Waals surface area contributed by atoms with Gasteiger partial charge in [0.05, 0.1) is 0 Å². The van der Waals surface area contributed by atoms with Crippen LogP contribution in [0.25, 0.3) is 0 Å². The second-order valence-corrected chi connectivity index (χ2v) is 5.82. The average Bonchev–Trinajstić information content (AvgIpc) is 2.69. The van der Waals surface area contributed by atoms with E-state index in [9.17, 15) is 13.2 Å². The van der Waals surface area contributed by atoms with Crippen LogP contribution < -0.4 is 5.32 Å². The maximum absolute atomic E-state index is 11.9. The normalized spacial score (nSPS) is 18.9. The Labute approximate surface area is 109 Å². The summed E-state index contributed by atoms with van der Waals surface area (Å²) in [6.07, 6.45) is -3.56. The molecule has 18 heavy (non-hydrogen) atoms. The smallest absolute Gasteiger partial charge is 0.316 e. The van der Waals surface area contributed by atoms with Crippen LogP contribution in [0.2, 0.25) is 0 Å². The van der Waals surface area contributed by atoms with Crippen LogP contribution in [0, 0.1) is 0 Å². The van der Waals surface area contributed by atoms with Gasteiger partial charge in [0.1, 0.15) is 0 Å². The second-order valence-electron chi connectivity index (χ2n) is 4.47. The fourth-order valence-corrected chi connectivity index (χ4v) is 3.33. The molecule has 1 aliphatic rings. The summed E-state index contributed by atoms with van der Waals surface area (Å²) in [5, 5.41) is 3.57. The third kappa shape index (κ3) is 4.21. The molecule has 1 atom stereocenters. The van der Waals surface area contributed by atoms with Crippen LogP contribution in [0.15, 0.2) is 29.2 Å². The van der Waals surface area contributed by atoms with E-state index in [1.54, 1.807) is 0 Å². The minimum atomic E-state index is -4.03. The van der Waals surface area contributed by atoms with Gasteiger partial charge in [0.25, 0.3) is 0 Å². The van der Waals surface area contributed by atoms with E-state index in [4.69, 9.17) is 0 Å². The second kappa shape index (κ2) is 5.97. The van der Waals surface area contributed by atoms with Crippen LogP contribution in [0.3, 0.4) is 0 Å². The summed E-state index contributed by atoms with van der Waals surface area (Å²) in [6, 6.07) is 8.26. The van der Waals surface area contributed by atoms with Crippen LogP contribution >= 0.6 is 11.8 Å². The third-order valence-electron chi connectivity index (χ3n) is 2.90. The van der Waals surface area contributed by atoms with Crippen molar-refractivity contribution in [1.82, 2.24) is 5.32 Å². The molecular formula is C13H16F3NS. The van der Waals surface area contributed by atoms with Crippen molar-refractivity contribution >= 4 is 11.8 Å². The number of benzene rings is 1. The molecule has 5 heteroatoms. The quantitative estimate of drug-likeness (QED) is 0.823. The van der Waals surface area contributed by atoms with E-state index in [1.807, 2.05) is 23.9 Å². The highest BCUT2D eigenvalue weighted by Crippen LogP contribution is 2.36. The minimum Gasteiger partial charge on any atom is -0.316 e. The van der Waals surface area contributed by atoms with Gasteiger partial charge in [-0.2, -0.15) is 13.2 Å². The summed E-state index contributed by atoms with van der Waals surface area (Å²) >= 11 is 1.82. The lowest BCUT2D eigenvalue weighted by Gasteiger charge is -2.10. The van der Waals surface area contributed by atoms with Crippen LogP contribution in [-0.4, -0.2) is 24.5 Å². The van der Waals surface area contributed by atoms with Crippen molar-refractivity contribution in [3.63, 3.8) is 0 Å².